The molecule has 0 N–H and O–H groups in total. The minimum atomic E-state index is 0.696. The van der Waals surface area contributed by atoms with E-state index in [1.165, 1.54) is 61.2 Å². The zero-order valence-corrected chi connectivity index (χ0v) is 19.3. The molecule has 1 nitrogen and oxygen atoms in total. The summed E-state index contributed by atoms with van der Waals surface area (Å²) in [5.41, 5.74) is 14.8. The molecule has 0 unspecified atom stereocenters. The van der Waals surface area contributed by atoms with Crippen molar-refractivity contribution < 1.29 is 4.74 Å². The molecule has 0 aliphatic carbocycles. The molecule has 3 aromatic carbocycles. The molecule has 29 heavy (non-hydrogen) atoms. The van der Waals surface area contributed by atoms with Crippen LogP contribution in [0.3, 0.4) is 0 Å². The van der Waals surface area contributed by atoms with Gasteiger partial charge in [-0.3, -0.25) is 0 Å². The zero-order chi connectivity index (χ0) is 21.3. The van der Waals surface area contributed by atoms with Gasteiger partial charge in [0.2, 0.25) is 0 Å². The number of aryl methyl sites for hydroxylation is 1. The molecule has 0 saturated heterocycles. The highest BCUT2D eigenvalue weighted by Gasteiger charge is 2.16. The van der Waals surface area contributed by atoms with Gasteiger partial charge in [-0.15, -0.1) is 0 Å². The summed E-state index contributed by atoms with van der Waals surface area (Å²) in [5.74, 6) is 0.988. The predicted octanol–water partition coefficient (Wildman–Crippen LogP) is 7.83. The molecule has 0 bridgehead atoms. The molecule has 152 valence electrons. The average Bonchev–Trinajstić information content (AvgIpc) is 2.71. The second-order valence-electron chi connectivity index (χ2n) is 8.08. The van der Waals surface area contributed by atoms with Gasteiger partial charge in [-0.05, 0) is 122 Å². The van der Waals surface area contributed by atoms with Crippen molar-refractivity contribution in [2.45, 2.75) is 61.8 Å². The Bertz CT molecular complexity index is 1060. The van der Waals surface area contributed by atoms with Crippen LogP contribution < -0.4 is 4.74 Å². The maximum Gasteiger partial charge on any atom is 0.122 e. The average molecular weight is 387 g/mol. The molecule has 0 amide bonds. The van der Waals surface area contributed by atoms with Crippen molar-refractivity contribution in [2.75, 3.05) is 6.61 Å². The molecule has 0 aliphatic rings. The molecule has 0 fully saturated rings. The molecule has 0 radical (unpaired) electrons. The molecular formula is C28H34O. The van der Waals surface area contributed by atoms with Gasteiger partial charge in [-0.1, -0.05) is 37.3 Å². The van der Waals surface area contributed by atoms with Crippen molar-refractivity contribution in [2.24, 2.45) is 0 Å². The molecule has 0 aliphatic heterocycles. The second kappa shape index (κ2) is 8.45. The van der Waals surface area contributed by atoms with E-state index >= 15 is 0 Å². The third-order valence-corrected chi connectivity index (χ3v) is 6.69. The summed E-state index contributed by atoms with van der Waals surface area (Å²) >= 11 is 0. The van der Waals surface area contributed by atoms with E-state index in [0.29, 0.717) is 6.61 Å². The van der Waals surface area contributed by atoms with E-state index in [9.17, 15) is 0 Å². The van der Waals surface area contributed by atoms with Crippen LogP contribution in [0, 0.1) is 41.5 Å². The van der Waals surface area contributed by atoms with Crippen LogP contribution in [0.25, 0.3) is 22.3 Å². The van der Waals surface area contributed by atoms with Gasteiger partial charge < -0.3 is 4.74 Å². The number of hydrogen-bond donors (Lipinski definition) is 0. The first kappa shape index (κ1) is 21.2. The lowest BCUT2D eigenvalue weighted by atomic mass is 9.85. The lowest BCUT2D eigenvalue weighted by molar-refractivity contribution is 0.337. The van der Waals surface area contributed by atoms with Gasteiger partial charge >= 0.3 is 0 Å². The summed E-state index contributed by atoms with van der Waals surface area (Å²) < 4.78 is 5.78. The number of benzene rings is 3. The first-order chi connectivity index (χ1) is 13.8. The largest absolute Gasteiger partial charge is 0.494 e. The van der Waals surface area contributed by atoms with Crippen LogP contribution >= 0.6 is 0 Å². The number of hydrogen-bond acceptors (Lipinski definition) is 1. The third kappa shape index (κ3) is 3.71. The Morgan fingerprint density at radius 2 is 0.931 bits per heavy atom. The van der Waals surface area contributed by atoms with E-state index in [0.717, 1.165) is 12.2 Å². The van der Waals surface area contributed by atoms with E-state index in [1.807, 2.05) is 6.92 Å². The minimum absolute atomic E-state index is 0.696. The molecule has 3 aromatic rings. The van der Waals surface area contributed by atoms with E-state index in [1.54, 1.807) is 0 Å². The highest BCUT2D eigenvalue weighted by molar-refractivity contribution is 5.80. The normalized spacial score (nSPS) is 11.0. The van der Waals surface area contributed by atoms with Crippen molar-refractivity contribution in [1.29, 1.82) is 0 Å². The summed E-state index contributed by atoms with van der Waals surface area (Å²) in [7, 11) is 0. The van der Waals surface area contributed by atoms with Gasteiger partial charge in [0, 0.05) is 0 Å². The Labute approximate surface area is 176 Å². The zero-order valence-electron chi connectivity index (χ0n) is 19.3. The van der Waals surface area contributed by atoms with Gasteiger partial charge in [0.1, 0.15) is 5.75 Å². The Hall–Kier alpha value is -2.54. The molecule has 0 aromatic heterocycles. The molecular weight excluding hydrogens is 352 g/mol. The SMILES string of the molecule is CCOc1ccc(-c2ccc(-c3ccc(CC)c(C)c3C)c(C)c2C)c(C)c1C. The van der Waals surface area contributed by atoms with Crippen LogP contribution in [0.15, 0.2) is 36.4 Å². The summed E-state index contributed by atoms with van der Waals surface area (Å²) in [6.07, 6.45) is 1.08. The molecule has 0 saturated carbocycles. The first-order valence-electron chi connectivity index (χ1n) is 10.7. The van der Waals surface area contributed by atoms with E-state index < -0.39 is 0 Å². The lowest BCUT2D eigenvalue weighted by Crippen LogP contribution is -1.99. The van der Waals surface area contributed by atoms with Crippen molar-refractivity contribution in [3.63, 3.8) is 0 Å². The predicted molar refractivity (Wildman–Crippen MR) is 126 cm³/mol. The minimum Gasteiger partial charge on any atom is -0.494 e. The third-order valence-electron chi connectivity index (χ3n) is 6.69. The summed E-state index contributed by atoms with van der Waals surface area (Å²) in [4.78, 5) is 0. The molecule has 0 heterocycles. The summed E-state index contributed by atoms with van der Waals surface area (Å²) in [5, 5.41) is 0. The van der Waals surface area contributed by atoms with Gasteiger partial charge in [0.25, 0.3) is 0 Å². The molecule has 0 atom stereocenters. The van der Waals surface area contributed by atoms with Crippen molar-refractivity contribution in [3.8, 4) is 28.0 Å². The number of ether oxygens (including phenoxy) is 1. The van der Waals surface area contributed by atoms with Crippen molar-refractivity contribution in [3.05, 3.63) is 75.3 Å². The Morgan fingerprint density at radius 1 is 0.517 bits per heavy atom. The maximum atomic E-state index is 5.78. The Balaban J connectivity index is 2.13. The molecule has 1 heteroatoms. The second-order valence-corrected chi connectivity index (χ2v) is 8.08. The van der Waals surface area contributed by atoms with Gasteiger partial charge in [-0.2, -0.15) is 0 Å². The van der Waals surface area contributed by atoms with Gasteiger partial charge in [0.05, 0.1) is 6.61 Å². The van der Waals surface area contributed by atoms with E-state index in [-0.39, 0.29) is 0 Å². The van der Waals surface area contributed by atoms with E-state index in [4.69, 9.17) is 4.74 Å². The maximum absolute atomic E-state index is 5.78. The van der Waals surface area contributed by atoms with Gasteiger partial charge in [0.15, 0.2) is 0 Å². The van der Waals surface area contributed by atoms with Crippen LogP contribution in [0.2, 0.25) is 0 Å². The number of rotatable bonds is 5. The van der Waals surface area contributed by atoms with E-state index in [2.05, 4.69) is 84.9 Å². The van der Waals surface area contributed by atoms with Crippen LogP contribution in [0.5, 0.6) is 5.75 Å². The summed E-state index contributed by atoms with van der Waals surface area (Å²) in [6.45, 7) is 18.3. The van der Waals surface area contributed by atoms with Crippen molar-refractivity contribution >= 4 is 0 Å². The summed E-state index contributed by atoms with van der Waals surface area (Å²) in [6, 6.07) is 13.5. The van der Waals surface area contributed by atoms with Crippen molar-refractivity contribution in [1.82, 2.24) is 0 Å². The quantitative estimate of drug-likeness (QED) is 0.434. The smallest absolute Gasteiger partial charge is 0.122 e. The standard InChI is InChI=1S/C28H34O/c1-9-23-11-12-24(18(4)17(23)3)25-13-14-26(20(6)19(25)5)27-15-16-28(29-10-2)22(8)21(27)7/h11-16H,9-10H2,1-8H3. The molecule has 0 spiro atoms. The first-order valence-corrected chi connectivity index (χ1v) is 10.7. The Morgan fingerprint density at radius 3 is 1.41 bits per heavy atom. The van der Waals surface area contributed by atoms with Crippen LogP contribution in [-0.2, 0) is 6.42 Å². The fourth-order valence-corrected chi connectivity index (χ4v) is 4.36. The van der Waals surface area contributed by atoms with Gasteiger partial charge in [-0.25, -0.2) is 0 Å². The fourth-order valence-electron chi connectivity index (χ4n) is 4.36. The fraction of sp³-hybridized carbons (Fsp3) is 0.357. The highest BCUT2D eigenvalue weighted by atomic mass is 16.5. The monoisotopic (exact) mass is 386 g/mol. The highest BCUT2D eigenvalue weighted by Crippen LogP contribution is 2.38. The molecule has 3 rings (SSSR count). The topological polar surface area (TPSA) is 9.23 Å². The lowest BCUT2D eigenvalue weighted by Gasteiger charge is -2.20. The van der Waals surface area contributed by atoms with Crippen LogP contribution in [-0.4, -0.2) is 6.61 Å². The van der Waals surface area contributed by atoms with Crippen LogP contribution in [0.1, 0.15) is 52.8 Å². The Kier molecular flexibility index (Phi) is 6.17. The van der Waals surface area contributed by atoms with Crippen LogP contribution in [0.4, 0.5) is 0 Å².